The van der Waals surface area contributed by atoms with Crippen LogP contribution in [0.3, 0.4) is 0 Å². The molecular formula is C10H21B. The van der Waals surface area contributed by atoms with E-state index in [9.17, 15) is 0 Å². The Morgan fingerprint density at radius 2 is 1.91 bits per heavy atom. The Kier molecular flexibility index (Phi) is 9.63. The molecule has 0 bridgehead atoms. The smallest absolute Gasteiger partial charge is 0.0892 e. The van der Waals surface area contributed by atoms with Gasteiger partial charge >= 0.3 is 0 Å². The van der Waals surface area contributed by atoms with Gasteiger partial charge in [-0.25, -0.2) is 0 Å². The first kappa shape index (κ1) is 10.8. The molecule has 0 unspecified atom stereocenters. The fourth-order valence-electron chi connectivity index (χ4n) is 1.15. The molecule has 0 aliphatic heterocycles. The van der Waals surface area contributed by atoms with Gasteiger partial charge in [-0.3, -0.25) is 0 Å². The van der Waals surface area contributed by atoms with Crippen LogP contribution in [0, 0.1) is 0 Å². The summed E-state index contributed by atoms with van der Waals surface area (Å²) in [5.41, 5.74) is 0. The van der Waals surface area contributed by atoms with Gasteiger partial charge in [0.15, 0.2) is 0 Å². The van der Waals surface area contributed by atoms with Crippen molar-refractivity contribution in [3.63, 3.8) is 0 Å². The molecule has 0 spiro atoms. The lowest BCUT2D eigenvalue weighted by Gasteiger charge is -1.93. The monoisotopic (exact) mass is 152 g/mol. The third kappa shape index (κ3) is 9.80. The van der Waals surface area contributed by atoms with Crippen molar-refractivity contribution >= 4 is 7.28 Å². The normalized spacial score (nSPS) is 10.7. The second-order valence-electron chi connectivity index (χ2n) is 3.08. The minimum absolute atomic E-state index is 1.19. The summed E-state index contributed by atoms with van der Waals surface area (Å²) >= 11 is 0. The van der Waals surface area contributed by atoms with Crippen molar-refractivity contribution in [3.05, 3.63) is 12.2 Å². The van der Waals surface area contributed by atoms with Gasteiger partial charge in [0.1, 0.15) is 7.28 Å². The van der Waals surface area contributed by atoms with E-state index in [2.05, 4.69) is 26.0 Å². The van der Waals surface area contributed by atoms with E-state index in [0.717, 1.165) is 0 Å². The van der Waals surface area contributed by atoms with Crippen LogP contribution in [-0.2, 0) is 0 Å². The van der Waals surface area contributed by atoms with Crippen LogP contribution in [0.1, 0.15) is 39.5 Å². The Morgan fingerprint density at radius 1 is 1.09 bits per heavy atom. The first-order chi connectivity index (χ1) is 5.41. The lowest BCUT2D eigenvalue weighted by molar-refractivity contribution is 0.876. The summed E-state index contributed by atoms with van der Waals surface area (Å²) in [5.74, 6) is 0. The highest BCUT2D eigenvalue weighted by Gasteiger charge is 1.88. The average molecular weight is 152 g/mol. The van der Waals surface area contributed by atoms with Gasteiger partial charge in [-0.15, -0.1) is 0 Å². The van der Waals surface area contributed by atoms with Crippen LogP contribution < -0.4 is 0 Å². The van der Waals surface area contributed by atoms with Crippen LogP contribution in [-0.4, -0.2) is 7.28 Å². The molecule has 0 N–H and O–H groups in total. The van der Waals surface area contributed by atoms with Crippen molar-refractivity contribution in [1.82, 2.24) is 0 Å². The Balaban J connectivity index is 2.85. The maximum Gasteiger partial charge on any atom is 0.120 e. The summed E-state index contributed by atoms with van der Waals surface area (Å²) in [6, 6.07) is 0. The van der Waals surface area contributed by atoms with Crippen LogP contribution >= 0.6 is 0 Å². The van der Waals surface area contributed by atoms with Crippen molar-refractivity contribution in [2.75, 3.05) is 0 Å². The standard InChI is InChI=1S/C10H21B/c1-3-5-7-8-10-11-9-6-4-2/h5,7,11H,3-4,6,8-10H2,1-2H3. The summed E-state index contributed by atoms with van der Waals surface area (Å²) in [6.07, 6.45) is 12.6. The van der Waals surface area contributed by atoms with E-state index in [-0.39, 0.29) is 0 Å². The van der Waals surface area contributed by atoms with Crippen LogP contribution in [0.15, 0.2) is 12.2 Å². The van der Waals surface area contributed by atoms with Crippen molar-refractivity contribution in [3.8, 4) is 0 Å². The van der Waals surface area contributed by atoms with E-state index < -0.39 is 0 Å². The lowest BCUT2D eigenvalue weighted by atomic mass is 9.69. The molecule has 0 saturated heterocycles. The molecular weight excluding hydrogens is 131 g/mol. The topological polar surface area (TPSA) is 0 Å². The molecule has 11 heavy (non-hydrogen) atoms. The molecule has 64 valence electrons. The zero-order valence-electron chi connectivity index (χ0n) is 8.10. The quantitative estimate of drug-likeness (QED) is 0.298. The molecule has 1 heteroatoms. The fourth-order valence-corrected chi connectivity index (χ4v) is 1.15. The van der Waals surface area contributed by atoms with Crippen molar-refractivity contribution in [1.29, 1.82) is 0 Å². The van der Waals surface area contributed by atoms with E-state index >= 15 is 0 Å². The molecule has 0 fully saturated rings. The Bertz CT molecular complexity index is 86.9. The van der Waals surface area contributed by atoms with Gasteiger partial charge in [-0.2, -0.15) is 0 Å². The Labute approximate surface area is 72.3 Å². The number of hydrogen-bond acceptors (Lipinski definition) is 0. The maximum absolute atomic E-state index is 2.31. The van der Waals surface area contributed by atoms with Crippen LogP contribution in [0.4, 0.5) is 0 Å². The molecule has 0 amide bonds. The van der Waals surface area contributed by atoms with Crippen molar-refractivity contribution in [2.24, 2.45) is 0 Å². The molecule has 0 aliphatic rings. The minimum Gasteiger partial charge on any atom is -0.0892 e. The Hall–Kier alpha value is -0.195. The zero-order valence-corrected chi connectivity index (χ0v) is 8.10. The largest absolute Gasteiger partial charge is 0.120 e. The summed E-state index contributed by atoms with van der Waals surface area (Å²) < 4.78 is 0. The van der Waals surface area contributed by atoms with E-state index in [1.165, 1.54) is 45.6 Å². The molecule has 0 aromatic rings. The molecule has 0 radical (unpaired) electrons. The van der Waals surface area contributed by atoms with Crippen LogP contribution in [0.5, 0.6) is 0 Å². The van der Waals surface area contributed by atoms with E-state index in [0.29, 0.717) is 0 Å². The highest BCUT2D eigenvalue weighted by atomic mass is 13.8. The molecule has 0 heterocycles. The second-order valence-corrected chi connectivity index (χ2v) is 3.08. The molecule has 0 saturated carbocycles. The number of unbranched alkanes of at least 4 members (excludes halogenated alkanes) is 1. The Morgan fingerprint density at radius 3 is 2.55 bits per heavy atom. The molecule has 0 atom stereocenters. The molecule has 0 aromatic carbocycles. The van der Waals surface area contributed by atoms with Gasteiger partial charge in [-0.1, -0.05) is 51.5 Å². The van der Waals surface area contributed by atoms with Gasteiger partial charge in [0.25, 0.3) is 0 Å². The van der Waals surface area contributed by atoms with E-state index in [1.807, 2.05) is 0 Å². The third-order valence-electron chi connectivity index (χ3n) is 1.88. The summed E-state index contributed by atoms with van der Waals surface area (Å²) in [5, 5.41) is 0. The van der Waals surface area contributed by atoms with Crippen LogP contribution in [0.25, 0.3) is 0 Å². The highest BCUT2D eigenvalue weighted by Crippen LogP contribution is 1.99. The summed E-state index contributed by atoms with van der Waals surface area (Å²) in [4.78, 5) is 0. The lowest BCUT2D eigenvalue weighted by Crippen LogP contribution is -1.86. The zero-order chi connectivity index (χ0) is 8.36. The van der Waals surface area contributed by atoms with Crippen molar-refractivity contribution < 1.29 is 0 Å². The third-order valence-corrected chi connectivity index (χ3v) is 1.88. The van der Waals surface area contributed by atoms with Crippen LogP contribution in [0.2, 0.25) is 12.6 Å². The minimum atomic E-state index is 1.19. The number of rotatable bonds is 7. The number of allylic oxidation sites excluding steroid dienone is 2. The van der Waals surface area contributed by atoms with Gasteiger partial charge in [0, 0.05) is 0 Å². The van der Waals surface area contributed by atoms with Gasteiger partial charge < -0.3 is 0 Å². The SMILES string of the molecule is CCC=CCCBCCCC. The predicted octanol–water partition coefficient (Wildman–Crippen LogP) is 3.42. The highest BCUT2D eigenvalue weighted by molar-refractivity contribution is 6.35. The molecule has 0 aromatic heterocycles. The summed E-state index contributed by atoms with van der Waals surface area (Å²) in [6.45, 7) is 4.45. The average Bonchev–Trinajstić information content (AvgIpc) is 2.03. The number of hydrogen-bond donors (Lipinski definition) is 0. The van der Waals surface area contributed by atoms with Gasteiger partial charge in [-0.05, 0) is 12.8 Å². The van der Waals surface area contributed by atoms with E-state index in [4.69, 9.17) is 0 Å². The first-order valence-electron chi connectivity index (χ1n) is 5.06. The predicted molar refractivity (Wildman–Crippen MR) is 55.7 cm³/mol. The van der Waals surface area contributed by atoms with Gasteiger partial charge in [0.2, 0.25) is 0 Å². The maximum atomic E-state index is 2.31. The summed E-state index contributed by atoms with van der Waals surface area (Å²) in [7, 11) is 1.42. The van der Waals surface area contributed by atoms with E-state index in [1.54, 1.807) is 0 Å². The molecule has 0 rings (SSSR count). The second kappa shape index (κ2) is 9.80. The fraction of sp³-hybridized carbons (Fsp3) is 0.800. The molecule has 0 aliphatic carbocycles. The van der Waals surface area contributed by atoms with Crippen molar-refractivity contribution in [2.45, 2.75) is 52.2 Å². The molecule has 0 nitrogen and oxygen atoms in total. The first-order valence-corrected chi connectivity index (χ1v) is 5.06. The van der Waals surface area contributed by atoms with Gasteiger partial charge in [0.05, 0.1) is 0 Å².